The number of benzene rings is 1. The highest BCUT2D eigenvalue weighted by Crippen LogP contribution is 2.54. The van der Waals surface area contributed by atoms with Gasteiger partial charge in [0.05, 0.1) is 35.9 Å². The van der Waals surface area contributed by atoms with Gasteiger partial charge in [0, 0.05) is 12.6 Å². The van der Waals surface area contributed by atoms with Gasteiger partial charge in [-0.1, -0.05) is 22.9 Å². The van der Waals surface area contributed by atoms with Crippen molar-refractivity contribution in [1.82, 2.24) is 24.1 Å². The minimum absolute atomic E-state index is 0.0200. The molecule has 2 aromatic heterocycles. The van der Waals surface area contributed by atoms with E-state index in [-0.39, 0.29) is 59.7 Å². The third-order valence-electron chi connectivity index (χ3n) is 7.67. The molecule has 16 nitrogen and oxygen atoms in total. The van der Waals surface area contributed by atoms with Crippen molar-refractivity contribution in [3.05, 3.63) is 63.1 Å². The molecule has 1 N–H and O–H groups in total. The Morgan fingerprint density at radius 1 is 1.18 bits per heavy atom. The second-order valence-corrected chi connectivity index (χ2v) is 12.4. The lowest BCUT2D eigenvalue weighted by atomic mass is 9.81. The van der Waals surface area contributed by atoms with Crippen molar-refractivity contribution in [1.29, 1.82) is 0 Å². The molecule has 3 unspecified atom stereocenters. The standard InChI is InChI=1S/C25H26B3N5O11S/c1-15-3-5-16(6-4-15)45(39,40)42-10-9-31-13-18(29-30-31)17-12-32(23(37)33(20(17)34)21(26)35)25-8-7-24(44-25,14-41-22(27)36)19(11-25)43-28(2)38/h3-6,12-13,19,38H,7-11,14H2,1-2H3. The van der Waals surface area contributed by atoms with Gasteiger partial charge in [0.25, 0.3) is 15.7 Å². The van der Waals surface area contributed by atoms with Crippen LogP contribution in [0.2, 0.25) is 6.82 Å². The van der Waals surface area contributed by atoms with E-state index >= 15 is 0 Å². The zero-order valence-corrected chi connectivity index (χ0v) is 25.0. The summed E-state index contributed by atoms with van der Waals surface area (Å²) >= 11 is 0. The number of carbonyl (C=O) groups is 2. The van der Waals surface area contributed by atoms with Gasteiger partial charge in [0.15, 0.2) is 11.5 Å². The van der Waals surface area contributed by atoms with E-state index in [4.69, 9.17) is 34.0 Å². The van der Waals surface area contributed by atoms with Crippen molar-refractivity contribution in [2.45, 2.75) is 61.9 Å². The number of fused-ring (bicyclic) bond motifs is 2. The van der Waals surface area contributed by atoms with Crippen LogP contribution in [0, 0.1) is 6.92 Å². The number of carbonyl (C=O) groups excluding carboxylic acids is 2. The topological polar surface area (TPSA) is 200 Å². The molecule has 5 rings (SSSR count). The molecule has 0 amide bonds. The van der Waals surface area contributed by atoms with Gasteiger partial charge in [0.2, 0.25) is 21.6 Å². The predicted octanol–water partition coefficient (Wildman–Crippen LogP) is -0.475. The molecule has 2 fully saturated rings. The first kappa shape index (κ1) is 32.6. The van der Waals surface area contributed by atoms with Crippen molar-refractivity contribution in [3.63, 3.8) is 0 Å². The molecule has 3 atom stereocenters. The fraction of sp³-hybridized carbons (Fsp3) is 0.440. The number of ether oxygens (including phenoxy) is 2. The average Bonchev–Trinajstić information content (AvgIpc) is 3.65. The maximum atomic E-state index is 13.5. The predicted molar refractivity (Wildman–Crippen MR) is 156 cm³/mol. The number of nitrogens with zero attached hydrogens (tertiary/aromatic N) is 5. The normalized spacial score (nSPS) is 22.4. The number of hydrogen-bond donors (Lipinski definition) is 1. The van der Waals surface area contributed by atoms with Crippen LogP contribution < -0.4 is 11.2 Å². The van der Waals surface area contributed by atoms with Crippen molar-refractivity contribution >= 4 is 44.6 Å². The first-order valence-corrected chi connectivity index (χ1v) is 15.1. The second-order valence-electron chi connectivity index (χ2n) is 10.8. The van der Waals surface area contributed by atoms with Crippen LogP contribution in [0.15, 0.2) is 51.1 Å². The number of hydrogen-bond acceptors (Lipinski definition) is 13. The molecule has 3 aromatic rings. The monoisotopic (exact) mass is 637 g/mol. The second kappa shape index (κ2) is 12.2. The molecule has 4 heterocycles. The van der Waals surface area contributed by atoms with Crippen LogP contribution in [0.3, 0.4) is 0 Å². The Morgan fingerprint density at radius 2 is 1.89 bits per heavy atom. The molecule has 1 aromatic carbocycles. The van der Waals surface area contributed by atoms with Crippen LogP contribution >= 0.6 is 0 Å². The van der Waals surface area contributed by atoms with E-state index in [1.54, 1.807) is 12.1 Å². The van der Waals surface area contributed by atoms with Crippen LogP contribution in [0.5, 0.6) is 0 Å². The quantitative estimate of drug-likeness (QED) is 0.209. The Balaban J connectivity index is 1.45. The van der Waals surface area contributed by atoms with Gasteiger partial charge in [-0.05, 0) is 38.7 Å². The molecule has 232 valence electrons. The zero-order chi connectivity index (χ0) is 32.7. The van der Waals surface area contributed by atoms with Crippen molar-refractivity contribution in [3.8, 4) is 11.3 Å². The Hall–Kier alpha value is -3.84. The van der Waals surface area contributed by atoms with Crippen LogP contribution in [0.25, 0.3) is 11.3 Å². The summed E-state index contributed by atoms with van der Waals surface area (Å²) in [6, 6.07) is 6.11. The minimum atomic E-state index is -4.05. The summed E-state index contributed by atoms with van der Waals surface area (Å²) in [5, 5.41) is 17.8. The van der Waals surface area contributed by atoms with Crippen LogP contribution in [-0.4, -0.2) is 97.0 Å². The third-order valence-corrected chi connectivity index (χ3v) is 9.00. The molecular weight excluding hydrogens is 611 g/mol. The summed E-state index contributed by atoms with van der Waals surface area (Å²) in [5.41, 5.74) is -4.45. The van der Waals surface area contributed by atoms with Gasteiger partial charge in [0.1, 0.15) is 17.9 Å². The molecule has 4 radical (unpaired) electrons. The molecule has 45 heavy (non-hydrogen) atoms. The minimum Gasteiger partial charge on any atom is -0.471 e. The largest absolute Gasteiger partial charge is 0.471 e. The van der Waals surface area contributed by atoms with E-state index < -0.39 is 57.6 Å². The van der Waals surface area contributed by atoms with Crippen LogP contribution in [0.1, 0.15) is 24.8 Å². The molecule has 0 spiro atoms. The van der Waals surface area contributed by atoms with Crippen molar-refractivity contribution in [2.75, 3.05) is 13.2 Å². The molecule has 2 aliphatic rings. The lowest BCUT2D eigenvalue weighted by Crippen LogP contribution is -2.50. The Bertz CT molecular complexity index is 1860. The summed E-state index contributed by atoms with van der Waals surface area (Å²) in [6.45, 7) is 2.42. The fourth-order valence-electron chi connectivity index (χ4n) is 5.56. The summed E-state index contributed by atoms with van der Waals surface area (Å²) in [6.07, 6.45) is 1.86. The third kappa shape index (κ3) is 6.33. The highest BCUT2D eigenvalue weighted by molar-refractivity contribution is 7.86. The lowest BCUT2D eigenvalue weighted by Gasteiger charge is -2.33. The average molecular weight is 637 g/mol. The van der Waals surface area contributed by atoms with Gasteiger partial charge >= 0.3 is 12.8 Å². The summed E-state index contributed by atoms with van der Waals surface area (Å²) in [5.74, 6) is -2.44. The first-order chi connectivity index (χ1) is 21.2. The molecule has 2 bridgehead atoms. The van der Waals surface area contributed by atoms with Crippen LogP contribution in [-0.2, 0) is 40.7 Å². The number of aromatic nitrogens is 5. The molecule has 20 heteroatoms. The SMILES string of the molecule is [B]C(=O)OCC12CCC(n3cc(-c4cn(CCOS(=O)(=O)c5ccc(C)cc5)nn4)c(=O)n(C([B])=O)c3=O)(CC1OB(C)O)O2. The van der Waals surface area contributed by atoms with E-state index in [2.05, 4.69) is 10.3 Å². The first-order valence-electron chi connectivity index (χ1n) is 13.7. The van der Waals surface area contributed by atoms with Gasteiger partial charge in [-0.3, -0.25) is 23.1 Å². The summed E-state index contributed by atoms with van der Waals surface area (Å²) in [7, 11) is 5.27. The highest BCUT2D eigenvalue weighted by atomic mass is 32.2. The molecular formula is C25H26B3N5O11S. The van der Waals surface area contributed by atoms with Crippen molar-refractivity contribution < 1.29 is 41.3 Å². The van der Waals surface area contributed by atoms with Crippen molar-refractivity contribution in [2.24, 2.45) is 0 Å². The molecule has 0 aliphatic carbocycles. The molecule has 0 saturated carbocycles. The number of rotatable bonds is 11. The van der Waals surface area contributed by atoms with E-state index in [0.717, 1.165) is 16.3 Å². The Kier molecular flexibility index (Phi) is 8.80. The molecule has 2 saturated heterocycles. The zero-order valence-electron chi connectivity index (χ0n) is 24.2. The smallest absolute Gasteiger partial charge is 0.451 e. The van der Waals surface area contributed by atoms with Gasteiger partial charge < -0.3 is 19.2 Å². The van der Waals surface area contributed by atoms with Gasteiger partial charge in [-0.2, -0.15) is 8.42 Å². The van der Waals surface area contributed by atoms with E-state index in [0.29, 0.717) is 0 Å². The maximum absolute atomic E-state index is 13.5. The summed E-state index contributed by atoms with van der Waals surface area (Å²) in [4.78, 5) is 50.4. The van der Waals surface area contributed by atoms with Gasteiger partial charge in [-0.15, -0.1) is 5.10 Å². The highest BCUT2D eigenvalue weighted by Gasteiger charge is 2.64. The van der Waals surface area contributed by atoms with Gasteiger partial charge in [-0.25, -0.2) is 14.0 Å². The van der Waals surface area contributed by atoms with E-state index in [1.807, 2.05) is 6.92 Å². The number of aryl methyl sites for hydroxylation is 1. The fourth-order valence-corrected chi connectivity index (χ4v) is 6.46. The summed E-state index contributed by atoms with van der Waals surface area (Å²) < 4.78 is 49.4. The van der Waals surface area contributed by atoms with E-state index in [1.165, 1.54) is 29.8 Å². The lowest BCUT2D eigenvalue weighted by molar-refractivity contribution is -0.128. The van der Waals surface area contributed by atoms with E-state index in [9.17, 15) is 32.6 Å². The Morgan fingerprint density at radius 3 is 2.53 bits per heavy atom. The van der Waals surface area contributed by atoms with Crippen LogP contribution in [0.4, 0.5) is 9.59 Å². The Labute approximate surface area is 259 Å². The molecule has 2 aliphatic heterocycles. The maximum Gasteiger partial charge on any atom is 0.451 e.